The second-order valence-corrected chi connectivity index (χ2v) is 8.81. The number of fused-ring (bicyclic) bond motifs is 1. The number of ether oxygens (including phenoxy) is 2. The highest BCUT2D eigenvalue weighted by molar-refractivity contribution is 9.10. The summed E-state index contributed by atoms with van der Waals surface area (Å²) in [5, 5.41) is 5.97. The van der Waals surface area contributed by atoms with Gasteiger partial charge in [0.2, 0.25) is 5.91 Å². The first kappa shape index (κ1) is 21.7. The minimum absolute atomic E-state index is 0.00853. The SMILES string of the molecule is COC(=O)c1ccc(NC(=O)Cc2cc(F)c(Br)cc2F)c(NCC23CC(CO2)C3)c1. The van der Waals surface area contributed by atoms with Crippen molar-refractivity contribution in [1.29, 1.82) is 0 Å². The van der Waals surface area contributed by atoms with E-state index in [1.807, 2.05) is 0 Å². The lowest BCUT2D eigenvalue weighted by molar-refractivity contribution is -0.115. The van der Waals surface area contributed by atoms with Crippen molar-refractivity contribution in [3.8, 4) is 0 Å². The number of esters is 1. The number of nitrogens with one attached hydrogen (secondary N) is 2. The molecule has 3 aliphatic rings. The number of rotatable bonds is 7. The lowest BCUT2D eigenvalue weighted by Crippen LogP contribution is -2.43. The number of amides is 1. The molecular formula is C22H21BrF2N2O4. The minimum atomic E-state index is -0.681. The highest BCUT2D eigenvalue weighted by Gasteiger charge is 2.51. The van der Waals surface area contributed by atoms with Crippen LogP contribution >= 0.6 is 15.9 Å². The Hall–Kier alpha value is -2.52. The number of benzene rings is 2. The largest absolute Gasteiger partial charge is 0.465 e. The van der Waals surface area contributed by atoms with Gasteiger partial charge in [-0.25, -0.2) is 13.6 Å². The van der Waals surface area contributed by atoms with E-state index in [1.165, 1.54) is 13.2 Å². The lowest BCUT2D eigenvalue weighted by Gasteiger charge is -2.36. The van der Waals surface area contributed by atoms with Crippen LogP contribution in [0.3, 0.4) is 0 Å². The molecule has 31 heavy (non-hydrogen) atoms. The van der Waals surface area contributed by atoms with Crippen molar-refractivity contribution in [3.63, 3.8) is 0 Å². The lowest BCUT2D eigenvalue weighted by atomic mass is 9.74. The van der Waals surface area contributed by atoms with Crippen molar-refractivity contribution in [2.75, 3.05) is 30.9 Å². The molecule has 164 valence electrons. The van der Waals surface area contributed by atoms with E-state index in [9.17, 15) is 18.4 Å². The maximum atomic E-state index is 14.1. The van der Waals surface area contributed by atoms with Gasteiger partial charge in [0, 0.05) is 12.1 Å². The molecule has 9 heteroatoms. The molecule has 2 aromatic carbocycles. The van der Waals surface area contributed by atoms with Gasteiger partial charge in [0.1, 0.15) is 11.6 Å². The Morgan fingerprint density at radius 1 is 1.19 bits per heavy atom. The molecule has 0 radical (unpaired) electrons. The average Bonchev–Trinajstić information content (AvgIpc) is 3.32. The zero-order valence-electron chi connectivity index (χ0n) is 16.8. The molecule has 1 amide bonds. The molecule has 2 aromatic rings. The Kier molecular flexibility index (Phi) is 5.98. The van der Waals surface area contributed by atoms with E-state index in [0.717, 1.165) is 31.6 Å². The molecule has 0 aromatic heterocycles. The van der Waals surface area contributed by atoms with Gasteiger partial charge in [-0.15, -0.1) is 0 Å². The Balaban J connectivity index is 1.51. The van der Waals surface area contributed by atoms with Gasteiger partial charge in [0.15, 0.2) is 0 Å². The summed E-state index contributed by atoms with van der Waals surface area (Å²) < 4.78 is 38.4. The molecule has 5 rings (SSSR count). The molecule has 2 bridgehead atoms. The van der Waals surface area contributed by atoms with Crippen LogP contribution in [0.5, 0.6) is 0 Å². The maximum absolute atomic E-state index is 14.1. The summed E-state index contributed by atoms with van der Waals surface area (Å²) in [6.45, 7) is 1.28. The van der Waals surface area contributed by atoms with Crippen LogP contribution in [0.25, 0.3) is 0 Å². The molecule has 0 unspecified atom stereocenters. The molecule has 1 saturated carbocycles. The highest BCUT2D eigenvalue weighted by Crippen LogP contribution is 2.48. The quantitative estimate of drug-likeness (QED) is 0.443. The number of methoxy groups -OCH3 is 1. The fraction of sp³-hybridized carbons (Fsp3) is 0.364. The third kappa shape index (κ3) is 4.57. The zero-order chi connectivity index (χ0) is 22.2. The summed E-state index contributed by atoms with van der Waals surface area (Å²) in [5.41, 5.74) is 0.983. The van der Waals surface area contributed by atoms with Gasteiger partial charge in [0.25, 0.3) is 0 Å². The third-order valence-electron chi connectivity index (χ3n) is 5.70. The molecule has 3 fully saturated rings. The van der Waals surface area contributed by atoms with Crippen molar-refractivity contribution in [1.82, 2.24) is 0 Å². The number of halogens is 3. The first-order valence-electron chi connectivity index (χ1n) is 9.82. The van der Waals surface area contributed by atoms with Crippen LogP contribution < -0.4 is 10.6 Å². The highest BCUT2D eigenvalue weighted by atomic mass is 79.9. The molecule has 2 heterocycles. The molecule has 2 saturated heterocycles. The summed E-state index contributed by atoms with van der Waals surface area (Å²) in [5.74, 6) is -1.76. The predicted molar refractivity (Wildman–Crippen MR) is 114 cm³/mol. The van der Waals surface area contributed by atoms with E-state index in [2.05, 4.69) is 26.6 Å². The fourth-order valence-electron chi connectivity index (χ4n) is 4.09. The maximum Gasteiger partial charge on any atom is 0.337 e. The Morgan fingerprint density at radius 2 is 1.97 bits per heavy atom. The van der Waals surface area contributed by atoms with Crippen LogP contribution in [0.1, 0.15) is 28.8 Å². The monoisotopic (exact) mass is 494 g/mol. The number of anilines is 2. The van der Waals surface area contributed by atoms with Crippen LogP contribution in [-0.4, -0.2) is 37.7 Å². The van der Waals surface area contributed by atoms with E-state index < -0.39 is 23.5 Å². The van der Waals surface area contributed by atoms with Crippen LogP contribution in [0.4, 0.5) is 20.2 Å². The zero-order valence-corrected chi connectivity index (χ0v) is 18.4. The number of hydrogen-bond donors (Lipinski definition) is 2. The van der Waals surface area contributed by atoms with E-state index in [0.29, 0.717) is 29.4 Å². The third-order valence-corrected chi connectivity index (χ3v) is 6.31. The first-order chi connectivity index (χ1) is 14.8. The van der Waals surface area contributed by atoms with Crippen LogP contribution in [0.15, 0.2) is 34.8 Å². The molecule has 0 atom stereocenters. The Morgan fingerprint density at radius 3 is 2.65 bits per heavy atom. The summed E-state index contributed by atoms with van der Waals surface area (Å²) in [6, 6.07) is 6.66. The van der Waals surface area contributed by atoms with Gasteiger partial charge in [-0.05, 0) is 65.0 Å². The van der Waals surface area contributed by atoms with Gasteiger partial charge in [-0.3, -0.25) is 4.79 Å². The van der Waals surface area contributed by atoms with Crippen molar-refractivity contribution in [2.24, 2.45) is 5.92 Å². The predicted octanol–water partition coefficient (Wildman–Crippen LogP) is 4.29. The van der Waals surface area contributed by atoms with Crippen molar-refractivity contribution < 1.29 is 27.8 Å². The van der Waals surface area contributed by atoms with E-state index in [-0.39, 0.29) is 22.1 Å². The molecule has 6 nitrogen and oxygen atoms in total. The van der Waals surface area contributed by atoms with Gasteiger partial charge in [-0.2, -0.15) is 0 Å². The molecule has 0 spiro atoms. The van der Waals surface area contributed by atoms with E-state index >= 15 is 0 Å². The van der Waals surface area contributed by atoms with Gasteiger partial charge < -0.3 is 20.1 Å². The fourth-order valence-corrected chi connectivity index (χ4v) is 4.40. The summed E-state index contributed by atoms with van der Waals surface area (Å²) >= 11 is 2.91. The molecule has 2 N–H and O–H groups in total. The second kappa shape index (κ2) is 8.55. The summed E-state index contributed by atoms with van der Waals surface area (Å²) in [4.78, 5) is 24.5. The number of carbonyl (C=O) groups is 2. The number of hydrogen-bond acceptors (Lipinski definition) is 5. The Labute approximate surface area is 186 Å². The summed E-state index contributed by atoms with van der Waals surface area (Å²) in [6.07, 6.45) is 1.61. The summed E-state index contributed by atoms with van der Waals surface area (Å²) in [7, 11) is 1.29. The minimum Gasteiger partial charge on any atom is -0.465 e. The van der Waals surface area contributed by atoms with Gasteiger partial charge in [-0.1, -0.05) is 0 Å². The van der Waals surface area contributed by atoms with Crippen molar-refractivity contribution in [2.45, 2.75) is 24.9 Å². The topological polar surface area (TPSA) is 76.7 Å². The van der Waals surface area contributed by atoms with Crippen LogP contribution in [-0.2, 0) is 20.7 Å². The van der Waals surface area contributed by atoms with Crippen molar-refractivity contribution >= 4 is 39.2 Å². The molecular weight excluding hydrogens is 474 g/mol. The first-order valence-corrected chi connectivity index (χ1v) is 10.6. The number of carbonyl (C=O) groups excluding carboxylic acids is 2. The Bertz CT molecular complexity index is 1030. The average molecular weight is 495 g/mol. The van der Waals surface area contributed by atoms with Crippen LogP contribution in [0, 0.1) is 17.6 Å². The van der Waals surface area contributed by atoms with Gasteiger partial charge >= 0.3 is 5.97 Å². The molecule has 1 aliphatic carbocycles. The standard InChI is InChI=1S/C22H21BrF2N2O4/c1-30-21(29)13-2-3-18(19(5-13)26-11-22-8-12(9-22)10-31-22)27-20(28)6-14-4-17(25)15(23)7-16(14)24/h2-5,7,12,26H,6,8-11H2,1H3,(H,27,28). The molecule has 2 aliphatic heterocycles. The van der Waals surface area contributed by atoms with E-state index in [1.54, 1.807) is 12.1 Å². The van der Waals surface area contributed by atoms with Crippen molar-refractivity contribution in [3.05, 3.63) is 57.6 Å². The smallest absolute Gasteiger partial charge is 0.337 e. The van der Waals surface area contributed by atoms with Crippen LogP contribution in [0.2, 0.25) is 0 Å². The van der Waals surface area contributed by atoms with Gasteiger partial charge in [0.05, 0.1) is 47.1 Å². The second-order valence-electron chi connectivity index (χ2n) is 7.96. The normalized spacial score (nSPS) is 21.4. The van der Waals surface area contributed by atoms with E-state index in [4.69, 9.17) is 9.47 Å².